The van der Waals surface area contributed by atoms with Crippen molar-refractivity contribution in [2.45, 2.75) is 37.7 Å². The molecule has 0 atom stereocenters. The van der Waals surface area contributed by atoms with E-state index in [1.165, 1.54) is 6.08 Å². The van der Waals surface area contributed by atoms with E-state index in [-0.39, 0.29) is 0 Å². The molecule has 0 heterocycles. The number of nitrogens with zero attached hydrogens (tertiary/aromatic N) is 1. The summed E-state index contributed by atoms with van der Waals surface area (Å²) in [6, 6.07) is 1.84. The van der Waals surface area contributed by atoms with Crippen molar-refractivity contribution >= 4 is 0 Å². The molecule has 3 heteroatoms. The maximum absolute atomic E-state index is 9.93. The molecule has 0 aromatic rings. The minimum atomic E-state index is -0.895. The Balaban J connectivity index is 2.70. The molecule has 12 heavy (non-hydrogen) atoms. The van der Waals surface area contributed by atoms with E-state index < -0.39 is 5.60 Å². The fourth-order valence-electron chi connectivity index (χ4n) is 1.63. The van der Waals surface area contributed by atoms with Crippen LogP contribution in [0.15, 0.2) is 11.8 Å². The van der Waals surface area contributed by atoms with Crippen molar-refractivity contribution in [2.24, 2.45) is 5.73 Å². The van der Waals surface area contributed by atoms with Crippen molar-refractivity contribution in [3.05, 3.63) is 11.8 Å². The van der Waals surface area contributed by atoms with Gasteiger partial charge in [0.25, 0.3) is 0 Å². The normalized spacial score (nSPS) is 23.2. The van der Waals surface area contributed by atoms with Crippen molar-refractivity contribution in [1.82, 2.24) is 0 Å². The van der Waals surface area contributed by atoms with E-state index >= 15 is 0 Å². The average molecular weight is 166 g/mol. The molecule has 1 aliphatic rings. The molecule has 0 amide bonds. The topological polar surface area (TPSA) is 70.0 Å². The second kappa shape index (κ2) is 3.59. The number of nitrogens with two attached hydrogens (primary N) is 1. The van der Waals surface area contributed by atoms with Crippen LogP contribution in [0.3, 0.4) is 0 Å². The van der Waals surface area contributed by atoms with Crippen LogP contribution in [0.1, 0.15) is 32.1 Å². The predicted octanol–water partition coefficient (Wildman–Crippen LogP) is 1.05. The van der Waals surface area contributed by atoms with Gasteiger partial charge >= 0.3 is 0 Å². The van der Waals surface area contributed by atoms with Gasteiger partial charge < -0.3 is 10.8 Å². The van der Waals surface area contributed by atoms with Crippen LogP contribution >= 0.6 is 0 Å². The second-order valence-corrected chi connectivity index (χ2v) is 3.32. The Labute approximate surface area is 72.5 Å². The van der Waals surface area contributed by atoms with Crippen LogP contribution in [0.2, 0.25) is 0 Å². The molecule has 0 aliphatic heterocycles. The van der Waals surface area contributed by atoms with Gasteiger partial charge in [-0.3, -0.25) is 0 Å². The zero-order chi connectivity index (χ0) is 9.03. The number of aliphatic hydroxyl groups is 1. The van der Waals surface area contributed by atoms with Gasteiger partial charge in [0.15, 0.2) is 0 Å². The average Bonchev–Trinajstić information content (AvgIpc) is 2.06. The first-order valence-corrected chi connectivity index (χ1v) is 4.27. The highest BCUT2D eigenvalue weighted by Gasteiger charge is 2.31. The molecular weight excluding hydrogens is 152 g/mol. The number of hydrogen-bond acceptors (Lipinski definition) is 3. The lowest BCUT2D eigenvalue weighted by Crippen LogP contribution is -2.37. The molecule has 0 saturated heterocycles. The highest BCUT2D eigenvalue weighted by molar-refractivity contribution is 5.20. The second-order valence-electron chi connectivity index (χ2n) is 3.32. The molecule has 0 unspecified atom stereocenters. The first-order valence-electron chi connectivity index (χ1n) is 4.27. The quantitative estimate of drug-likeness (QED) is 0.572. The van der Waals surface area contributed by atoms with Crippen LogP contribution in [0.25, 0.3) is 0 Å². The summed E-state index contributed by atoms with van der Waals surface area (Å²) in [5, 5.41) is 18.3. The highest BCUT2D eigenvalue weighted by Crippen LogP contribution is 2.31. The van der Waals surface area contributed by atoms with Crippen molar-refractivity contribution in [3.8, 4) is 6.07 Å². The van der Waals surface area contributed by atoms with E-state index in [0.717, 1.165) is 19.3 Å². The first kappa shape index (κ1) is 9.08. The zero-order valence-corrected chi connectivity index (χ0v) is 7.08. The molecule has 1 aliphatic carbocycles. The molecule has 0 aromatic heterocycles. The fourth-order valence-corrected chi connectivity index (χ4v) is 1.63. The van der Waals surface area contributed by atoms with E-state index in [4.69, 9.17) is 11.0 Å². The van der Waals surface area contributed by atoms with E-state index in [1.807, 2.05) is 6.07 Å². The van der Waals surface area contributed by atoms with Gasteiger partial charge in [-0.1, -0.05) is 19.3 Å². The summed E-state index contributed by atoms with van der Waals surface area (Å²) in [7, 11) is 0. The summed E-state index contributed by atoms with van der Waals surface area (Å²) in [5.74, 6) is 0. The maximum Gasteiger partial charge on any atom is 0.104 e. The Hall–Kier alpha value is -1.01. The van der Waals surface area contributed by atoms with E-state index in [1.54, 1.807) is 0 Å². The molecule has 0 bridgehead atoms. The predicted molar refractivity (Wildman–Crippen MR) is 45.9 cm³/mol. The molecule has 0 aromatic carbocycles. The van der Waals surface area contributed by atoms with Crippen LogP contribution in [0.4, 0.5) is 0 Å². The Morgan fingerprint density at radius 2 is 2.00 bits per heavy atom. The van der Waals surface area contributed by atoms with Crippen LogP contribution in [0, 0.1) is 11.3 Å². The molecule has 66 valence electrons. The summed E-state index contributed by atoms with van der Waals surface area (Å²) in [6.45, 7) is 0. The van der Waals surface area contributed by atoms with E-state index in [9.17, 15) is 5.11 Å². The third kappa shape index (κ3) is 1.77. The standard InChI is InChI=1S/C9H14N2O/c10-7-4-8(11)9(12)5-2-1-3-6-9/h4,12H,1-3,5-6,11H2/b8-4-. The summed E-state index contributed by atoms with van der Waals surface area (Å²) >= 11 is 0. The number of allylic oxidation sites excluding steroid dienone is 1. The molecule has 1 rings (SSSR count). The van der Waals surface area contributed by atoms with Crippen molar-refractivity contribution in [2.75, 3.05) is 0 Å². The molecule has 3 nitrogen and oxygen atoms in total. The smallest absolute Gasteiger partial charge is 0.104 e. The van der Waals surface area contributed by atoms with Crippen LogP contribution < -0.4 is 5.73 Å². The Morgan fingerprint density at radius 1 is 1.42 bits per heavy atom. The van der Waals surface area contributed by atoms with Gasteiger partial charge in [-0.2, -0.15) is 5.26 Å². The van der Waals surface area contributed by atoms with E-state index in [0.29, 0.717) is 18.5 Å². The lowest BCUT2D eigenvalue weighted by Gasteiger charge is -2.31. The molecule has 0 radical (unpaired) electrons. The lowest BCUT2D eigenvalue weighted by atomic mass is 9.82. The Morgan fingerprint density at radius 3 is 2.50 bits per heavy atom. The van der Waals surface area contributed by atoms with Crippen LogP contribution in [-0.4, -0.2) is 10.7 Å². The van der Waals surface area contributed by atoms with E-state index in [2.05, 4.69) is 0 Å². The highest BCUT2D eigenvalue weighted by atomic mass is 16.3. The van der Waals surface area contributed by atoms with Crippen molar-refractivity contribution < 1.29 is 5.11 Å². The third-order valence-electron chi connectivity index (χ3n) is 2.44. The summed E-state index contributed by atoms with van der Waals surface area (Å²) < 4.78 is 0. The van der Waals surface area contributed by atoms with Crippen molar-refractivity contribution in [3.63, 3.8) is 0 Å². The maximum atomic E-state index is 9.93. The van der Waals surface area contributed by atoms with Gasteiger partial charge in [-0.05, 0) is 12.8 Å². The van der Waals surface area contributed by atoms with Gasteiger partial charge in [-0.15, -0.1) is 0 Å². The lowest BCUT2D eigenvalue weighted by molar-refractivity contribution is 0.0383. The Kier molecular flexibility index (Phi) is 2.72. The SMILES string of the molecule is N#C/C=C(\N)C1(O)CCCCC1. The summed E-state index contributed by atoms with van der Waals surface area (Å²) in [5.41, 5.74) is 5.01. The fraction of sp³-hybridized carbons (Fsp3) is 0.667. The molecule has 0 spiro atoms. The van der Waals surface area contributed by atoms with Gasteiger partial charge in [0.05, 0.1) is 11.8 Å². The third-order valence-corrected chi connectivity index (χ3v) is 2.44. The first-order chi connectivity index (χ1) is 5.69. The number of nitriles is 1. The van der Waals surface area contributed by atoms with Crippen LogP contribution in [0.5, 0.6) is 0 Å². The minimum absolute atomic E-state index is 0.324. The largest absolute Gasteiger partial charge is 0.399 e. The van der Waals surface area contributed by atoms with Crippen LogP contribution in [-0.2, 0) is 0 Å². The monoisotopic (exact) mass is 166 g/mol. The molecule has 1 fully saturated rings. The van der Waals surface area contributed by atoms with Crippen molar-refractivity contribution in [1.29, 1.82) is 5.26 Å². The minimum Gasteiger partial charge on any atom is -0.399 e. The zero-order valence-electron chi connectivity index (χ0n) is 7.08. The van der Waals surface area contributed by atoms with Gasteiger partial charge in [0, 0.05) is 6.08 Å². The summed E-state index contributed by atoms with van der Waals surface area (Å²) in [6.07, 6.45) is 5.77. The van der Waals surface area contributed by atoms with Gasteiger partial charge in [-0.25, -0.2) is 0 Å². The number of rotatable bonds is 1. The van der Waals surface area contributed by atoms with Gasteiger partial charge in [0.2, 0.25) is 0 Å². The molecule has 3 N–H and O–H groups in total. The molecule has 1 saturated carbocycles. The summed E-state index contributed by atoms with van der Waals surface area (Å²) in [4.78, 5) is 0. The molecular formula is C9H14N2O. The number of hydrogen-bond donors (Lipinski definition) is 2. The Bertz CT molecular complexity index is 221. The van der Waals surface area contributed by atoms with Gasteiger partial charge in [0.1, 0.15) is 5.60 Å².